The maximum atomic E-state index is 11.6. The van der Waals surface area contributed by atoms with Crippen molar-refractivity contribution in [2.24, 2.45) is 5.84 Å². The fourth-order valence-electron chi connectivity index (χ4n) is 1.96. The van der Waals surface area contributed by atoms with Crippen LogP contribution in [0, 0.1) is 6.92 Å². The molecule has 0 saturated carbocycles. The fourth-order valence-corrected chi connectivity index (χ4v) is 3.44. The van der Waals surface area contributed by atoms with Gasteiger partial charge >= 0.3 is 5.91 Å². The van der Waals surface area contributed by atoms with Crippen LogP contribution >= 0.6 is 0 Å². The third kappa shape index (κ3) is 2.40. The highest BCUT2D eigenvalue weighted by atomic mass is 32.2. The molecule has 2 heterocycles. The maximum Gasteiger partial charge on any atom is 0.301 e. The van der Waals surface area contributed by atoms with Crippen LogP contribution in [0.3, 0.4) is 0 Å². The Kier molecular flexibility index (Phi) is 3.42. The van der Waals surface area contributed by atoms with Crippen LogP contribution in [-0.2, 0) is 16.6 Å². The van der Waals surface area contributed by atoms with Gasteiger partial charge in [0.25, 0.3) is 0 Å². The van der Waals surface area contributed by atoms with E-state index in [1.807, 2.05) is 5.43 Å². The van der Waals surface area contributed by atoms with E-state index >= 15 is 0 Å². The molecule has 1 aromatic heterocycles. The summed E-state index contributed by atoms with van der Waals surface area (Å²) in [5.41, 5.74) is 2.61. The standard InChI is InChI=1S/C10H15N3O4S/c1-7-5-8(17-9(7)10(14)12-11)6-13-3-2-4-18(13,15)16/h5H,2-4,6,11H2,1H3,(H,12,14). The SMILES string of the molecule is Cc1cc(CN2CCCS2(=O)=O)oc1C(=O)NN. The van der Waals surface area contributed by atoms with Crippen LogP contribution in [0.25, 0.3) is 0 Å². The molecular weight excluding hydrogens is 258 g/mol. The quantitative estimate of drug-likeness (QED) is 0.448. The highest BCUT2D eigenvalue weighted by Crippen LogP contribution is 2.21. The minimum Gasteiger partial charge on any atom is -0.454 e. The highest BCUT2D eigenvalue weighted by Gasteiger charge is 2.29. The van der Waals surface area contributed by atoms with E-state index in [1.165, 1.54) is 4.31 Å². The molecule has 100 valence electrons. The summed E-state index contributed by atoms with van der Waals surface area (Å²) in [5.74, 6) is 5.22. The van der Waals surface area contributed by atoms with Gasteiger partial charge in [0.15, 0.2) is 5.76 Å². The first kappa shape index (κ1) is 13.1. The lowest BCUT2D eigenvalue weighted by Crippen LogP contribution is -2.30. The second-order valence-electron chi connectivity index (χ2n) is 4.20. The summed E-state index contributed by atoms with van der Waals surface area (Å²) >= 11 is 0. The Morgan fingerprint density at radius 1 is 1.61 bits per heavy atom. The molecule has 0 spiro atoms. The number of rotatable bonds is 3. The van der Waals surface area contributed by atoms with E-state index in [1.54, 1.807) is 13.0 Å². The monoisotopic (exact) mass is 273 g/mol. The van der Waals surface area contributed by atoms with E-state index in [4.69, 9.17) is 10.3 Å². The third-order valence-corrected chi connectivity index (χ3v) is 4.74. The van der Waals surface area contributed by atoms with Gasteiger partial charge in [-0.3, -0.25) is 10.2 Å². The van der Waals surface area contributed by atoms with Gasteiger partial charge in [0.1, 0.15) is 5.76 Å². The summed E-state index contributed by atoms with van der Waals surface area (Å²) in [6, 6.07) is 1.65. The predicted octanol–water partition coefficient (Wildman–Crippen LogP) is -0.273. The molecule has 1 aliphatic rings. The Bertz CT molecular complexity index is 564. The largest absolute Gasteiger partial charge is 0.454 e. The number of hydrazine groups is 1. The molecule has 0 bridgehead atoms. The minimum absolute atomic E-state index is 0.115. The molecular formula is C10H15N3O4S. The van der Waals surface area contributed by atoms with Gasteiger partial charge in [0.2, 0.25) is 10.0 Å². The zero-order valence-electron chi connectivity index (χ0n) is 9.97. The molecule has 1 fully saturated rings. The summed E-state index contributed by atoms with van der Waals surface area (Å²) in [5, 5.41) is 0. The fraction of sp³-hybridized carbons (Fsp3) is 0.500. The third-order valence-electron chi connectivity index (χ3n) is 2.84. The number of nitrogen functional groups attached to an aromatic ring is 1. The number of amides is 1. The van der Waals surface area contributed by atoms with Crippen LogP contribution in [0.5, 0.6) is 0 Å². The lowest BCUT2D eigenvalue weighted by molar-refractivity contribution is 0.0922. The molecule has 0 radical (unpaired) electrons. The molecule has 1 saturated heterocycles. The van der Waals surface area contributed by atoms with Crippen molar-refractivity contribution in [1.29, 1.82) is 0 Å². The van der Waals surface area contributed by atoms with E-state index in [0.29, 0.717) is 24.3 Å². The number of nitrogens with two attached hydrogens (primary N) is 1. The Labute approximate surface area is 105 Å². The van der Waals surface area contributed by atoms with Crippen LogP contribution < -0.4 is 11.3 Å². The predicted molar refractivity (Wildman–Crippen MR) is 63.9 cm³/mol. The second kappa shape index (κ2) is 4.71. The average molecular weight is 273 g/mol. The van der Waals surface area contributed by atoms with Crippen molar-refractivity contribution in [1.82, 2.24) is 9.73 Å². The summed E-state index contributed by atoms with van der Waals surface area (Å²) in [6.45, 7) is 2.34. The Morgan fingerprint density at radius 3 is 2.89 bits per heavy atom. The molecule has 1 amide bonds. The van der Waals surface area contributed by atoms with Crippen molar-refractivity contribution >= 4 is 15.9 Å². The van der Waals surface area contributed by atoms with Crippen LogP contribution in [0.2, 0.25) is 0 Å². The van der Waals surface area contributed by atoms with E-state index in [0.717, 1.165) is 0 Å². The second-order valence-corrected chi connectivity index (χ2v) is 6.29. The van der Waals surface area contributed by atoms with Gasteiger partial charge in [-0.1, -0.05) is 0 Å². The van der Waals surface area contributed by atoms with Crippen molar-refractivity contribution in [2.45, 2.75) is 19.9 Å². The first-order valence-electron chi connectivity index (χ1n) is 5.52. The smallest absolute Gasteiger partial charge is 0.301 e. The molecule has 0 aromatic carbocycles. The van der Waals surface area contributed by atoms with Gasteiger partial charge in [-0.2, -0.15) is 4.31 Å². The number of hydrogen-bond acceptors (Lipinski definition) is 5. The van der Waals surface area contributed by atoms with Crippen molar-refractivity contribution in [2.75, 3.05) is 12.3 Å². The van der Waals surface area contributed by atoms with Crippen LogP contribution in [-0.4, -0.2) is 30.9 Å². The zero-order chi connectivity index (χ0) is 13.3. The van der Waals surface area contributed by atoms with Crippen molar-refractivity contribution in [3.8, 4) is 0 Å². The lowest BCUT2D eigenvalue weighted by Gasteiger charge is -2.11. The molecule has 0 unspecified atom stereocenters. The van der Waals surface area contributed by atoms with Crippen molar-refractivity contribution in [3.05, 3.63) is 23.2 Å². The molecule has 1 aromatic rings. The topological polar surface area (TPSA) is 106 Å². The van der Waals surface area contributed by atoms with E-state index < -0.39 is 15.9 Å². The van der Waals surface area contributed by atoms with E-state index in [2.05, 4.69) is 0 Å². The number of nitrogens with zero attached hydrogens (tertiary/aromatic N) is 1. The van der Waals surface area contributed by atoms with Gasteiger partial charge < -0.3 is 4.42 Å². The Morgan fingerprint density at radius 2 is 2.33 bits per heavy atom. The van der Waals surface area contributed by atoms with Crippen LogP contribution in [0.1, 0.15) is 28.3 Å². The molecule has 2 rings (SSSR count). The van der Waals surface area contributed by atoms with Gasteiger partial charge in [-0.05, 0) is 19.4 Å². The minimum atomic E-state index is -3.17. The highest BCUT2D eigenvalue weighted by molar-refractivity contribution is 7.89. The van der Waals surface area contributed by atoms with Crippen LogP contribution in [0.4, 0.5) is 0 Å². The van der Waals surface area contributed by atoms with Gasteiger partial charge in [-0.15, -0.1) is 0 Å². The van der Waals surface area contributed by atoms with Gasteiger partial charge in [0.05, 0.1) is 12.3 Å². The first-order chi connectivity index (χ1) is 8.44. The molecule has 0 aliphatic carbocycles. The summed E-state index contributed by atoms with van der Waals surface area (Å²) in [7, 11) is -3.17. The number of furan rings is 1. The molecule has 3 N–H and O–H groups in total. The number of sulfonamides is 1. The number of carbonyl (C=O) groups is 1. The maximum absolute atomic E-state index is 11.6. The molecule has 8 heteroatoms. The number of hydrogen-bond donors (Lipinski definition) is 2. The number of nitrogens with one attached hydrogen (secondary N) is 1. The van der Waals surface area contributed by atoms with Gasteiger partial charge in [-0.25, -0.2) is 14.3 Å². The Hall–Kier alpha value is -1.38. The summed E-state index contributed by atoms with van der Waals surface area (Å²) in [6.07, 6.45) is 0.623. The molecule has 7 nitrogen and oxygen atoms in total. The van der Waals surface area contributed by atoms with E-state index in [9.17, 15) is 13.2 Å². The number of carbonyl (C=O) groups excluding carboxylic acids is 1. The van der Waals surface area contributed by atoms with Crippen LogP contribution in [0.15, 0.2) is 10.5 Å². The van der Waals surface area contributed by atoms with Crippen molar-refractivity contribution in [3.63, 3.8) is 0 Å². The first-order valence-corrected chi connectivity index (χ1v) is 7.13. The normalized spacial score (nSPS) is 19.0. The summed E-state index contributed by atoms with van der Waals surface area (Å²) < 4.78 is 29.9. The zero-order valence-corrected chi connectivity index (χ0v) is 10.8. The molecule has 18 heavy (non-hydrogen) atoms. The number of aryl methyl sites for hydroxylation is 1. The summed E-state index contributed by atoms with van der Waals surface area (Å²) in [4.78, 5) is 11.4. The van der Waals surface area contributed by atoms with Gasteiger partial charge in [0, 0.05) is 12.1 Å². The van der Waals surface area contributed by atoms with E-state index in [-0.39, 0.29) is 18.1 Å². The molecule has 0 atom stereocenters. The molecule has 1 aliphatic heterocycles. The Balaban J connectivity index is 2.18. The van der Waals surface area contributed by atoms with Crippen molar-refractivity contribution < 1.29 is 17.6 Å². The average Bonchev–Trinajstić information content (AvgIpc) is 2.82. The lowest BCUT2D eigenvalue weighted by atomic mass is 10.2.